The normalized spacial score (nSPS) is 15.6. The van der Waals surface area contributed by atoms with E-state index in [1.807, 2.05) is 0 Å². The number of ether oxygens (including phenoxy) is 2. The van der Waals surface area contributed by atoms with E-state index in [0.29, 0.717) is 12.2 Å². The number of aryl methyl sites for hydroxylation is 1. The van der Waals surface area contributed by atoms with E-state index in [1.54, 1.807) is 18.7 Å². The summed E-state index contributed by atoms with van der Waals surface area (Å²) in [6.45, 7) is 1.64. The van der Waals surface area contributed by atoms with Crippen LogP contribution in [0.15, 0.2) is 6.33 Å². The number of hydrogen-bond donors (Lipinski definition) is 1. The van der Waals surface area contributed by atoms with Gasteiger partial charge in [0.15, 0.2) is 6.29 Å². The highest BCUT2D eigenvalue weighted by molar-refractivity contribution is 4.93. The van der Waals surface area contributed by atoms with Crippen molar-refractivity contribution in [3.63, 3.8) is 0 Å². The standard InChI is InChI=1S/C9H17N3O3/c1-9(13,8(14-3)15-4)5-7-10-6-11-12(7)2/h6,8,13H,5H2,1-4H3. The van der Waals surface area contributed by atoms with Crippen LogP contribution in [0.2, 0.25) is 0 Å². The van der Waals surface area contributed by atoms with Gasteiger partial charge >= 0.3 is 0 Å². The summed E-state index contributed by atoms with van der Waals surface area (Å²) in [5.41, 5.74) is -1.13. The van der Waals surface area contributed by atoms with Crippen LogP contribution in [0, 0.1) is 0 Å². The van der Waals surface area contributed by atoms with E-state index < -0.39 is 11.9 Å². The van der Waals surface area contributed by atoms with Gasteiger partial charge in [-0.1, -0.05) is 0 Å². The van der Waals surface area contributed by atoms with E-state index in [1.165, 1.54) is 20.5 Å². The molecular formula is C9H17N3O3. The molecule has 0 aliphatic carbocycles. The molecule has 0 saturated heterocycles. The number of methoxy groups -OCH3 is 2. The molecule has 1 atom stereocenters. The Balaban J connectivity index is 2.75. The van der Waals surface area contributed by atoms with Gasteiger partial charge in [0.25, 0.3) is 0 Å². The second kappa shape index (κ2) is 4.69. The Kier molecular flexibility index (Phi) is 3.78. The molecule has 0 aliphatic rings. The molecule has 0 radical (unpaired) electrons. The van der Waals surface area contributed by atoms with Gasteiger partial charge in [-0.25, -0.2) is 4.98 Å². The van der Waals surface area contributed by atoms with Crippen molar-refractivity contribution < 1.29 is 14.6 Å². The van der Waals surface area contributed by atoms with Crippen LogP contribution in [-0.2, 0) is 22.9 Å². The topological polar surface area (TPSA) is 69.4 Å². The third-order valence-corrected chi connectivity index (χ3v) is 2.26. The Morgan fingerprint density at radius 3 is 2.53 bits per heavy atom. The van der Waals surface area contributed by atoms with E-state index >= 15 is 0 Å². The molecule has 0 bridgehead atoms. The van der Waals surface area contributed by atoms with E-state index in [9.17, 15) is 5.11 Å². The predicted molar refractivity (Wildman–Crippen MR) is 53.1 cm³/mol. The summed E-state index contributed by atoms with van der Waals surface area (Å²) in [7, 11) is 4.74. The molecule has 0 spiro atoms. The molecule has 15 heavy (non-hydrogen) atoms. The summed E-state index contributed by atoms with van der Waals surface area (Å²) in [5, 5.41) is 14.1. The average Bonchev–Trinajstić information content (AvgIpc) is 2.52. The molecule has 0 aromatic carbocycles. The first-order valence-electron chi connectivity index (χ1n) is 4.62. The molecule has 6 nitrogen and oxygen atoms in total. The number of rotatable bonds is 5. The predicted octanol–water partition coefficient (Wildman–Crippen LogP) is -0.273. The summed E-state index contributed by atoms with van der Waals surface area (Å²) in [4.78, 5) is 4.03. The van der Waals surface area contributed by atoms with Crippen molar-refractivity contribution in [3.05, 3.63) is 12.2 Å². The third-order valence-electron chi connectivity index (χ3n) is 2.26. The molecule has 6 heteroatoms. The van der Waals surface area contributed by atoms with Crippen molar-refractivity contribution in [2.75, 3.05) is 14.2 Å². The second-order valence-electron chi connectivity index (χ2n) is 3.64. The monoisotopic (exact) mass is 215 g/mol. The van der Waals surface area contributed by atoms with Crippen molar-refractivity contribution in [1.29, 1.82) is 0 Å². The van der Waals surface area contributed by atoms with E-state index in [-0.39, 0.29) is 0 Å². The summed E-state index contributed by atoms with van der Waals surface area (Å²) < 4.78 is 11.7. The minimum absolute atomic E-state index is 0.315. The zero-order valence-corrected chi connectivity index (χ0v) is 9.47. The van der Waals surface area contributed by atoms with Crippen molar-refractivity contribution in [3.8, 4) is 0 Å². The highest BCUT2D eigenvalue weighted by Gasteiger charge is 2.33. The minimum Gasteiger partial charge on any atom is -0.384 e. The van der Waals surface area contributed by atoms with Crippen LogP contribution in [0.5, 0.6) is 0 Å². The molecule has 1 unspecified atom stereocenters. The van der Waals surface area contributed by atoms with Gasteiger partial charge in [0, 0.05) is 27.7 Å². The van der Waals surface area contributed by atoms with Gasteiger partial charge in [-0.3, -0.25) is 4.68 Å². The maximum absolute atomic E-state index is 10.1. The summed E-state index contributed by atoms with van der Waals surface area (Å²) in [5.74, 6) is 0.680. The first-order valence-corrected chi connectivity index (χ1v) is 4.62. The number of aliphatic hydroxyl groups is 1. The lowest BCUT2D eigenvalue weighted by atomic mass is 10.0. The molecule has 1 heterocycles. The van der Waals surface area contributed by atoms with E-state index in [2.05, 4.69) is 10.1 Å². The van der Waals surface area contributed by atoms with Gasteiger partial charge < -0.3 is 14.6 Å². The van der Waals surface area contributed by atoms with Gasteiger partial charge in [0.05, 0.1) is 0 Å². The molecule has 86 valence electrons. The molecule has 0 fully saturated rings. The molecule has 1 aromatic rings. The SMILES string of the molecule is COC(OC)C(C)(O)Cc1ncnn1C. The molecule has 1 aromatic heterocycles. The van der Waals surface area contributed by atoms with E-state index in [4.69, 9.17) is 9.47 Å². The van der Waals surface area contributed by atoms with Crippen LogP contribution >= 0.6 is 0 Å². The molecule has 0 saturated carbocycles. The maximum atomic E-state index is 10.1. The van der Waals surface area contributed by atoms with Crippen LogP contribution in [-0.4, -0.2) is 46.0 Å². The highest BCUT2D eigenvalue weighted by Crippen LogP contribution is 2.18. The summed E-state index contributed by atoms with van der Waals surface area (Å²) in [6.07, 6.45) is 1.07. The first kappa shape index (κ1) is 12.1. The first-order chi connectivity index (χ1) is 7.01. The lowest BCUT2D eigenvalue weighted by Crippen LogP contribution is -2.44. The zero-order chi connectivity index (χ0) is 11.5. The average molecular weight is 215 g/mol. The Bertz CT molecular complexity index is 307. The highest BCUT2D eigenvalue weighted by atomic mass is 16.7. The lowest BCUT2D eigenvalue weighted by molar-refractivity contribution is -0.208. The van der Waals surface area contributed by atoms with Gasteiger partial charge in [-0.2, -0.15) is 5.10 Å². The van der Waals surface area contributed by atoms with E-state index in [0.717, 1.165) is 0 Å². The van der Waals surface area contributed by atoms with Gasteiger partial charge in [-0.15, -0.1) is 0 Å². The number of hydrogen-bond acceptors (Lipinski definition) is 5. The van der Waals surface area contributed by atoms with Crippen LogP contribution in [0.3, 0.4) is 0 Å². The van der Waals surface area contributed by atoms with Crippen molar-refractivity contribution in [2.45, 2.75) is 25.2 Å². The van der Waals surface area contributed by atoms with Crippen molar-refractivity contribution >= 4 is 0 Å². The van der Waals surface area contributed by atoms with Crippen LogP contribution in [0.4, 0.5) is 0 Å². The third kappa shape index (κ3) is 2.74. The smallest absolute Gasteiger partial charge is 0.185 e. The number of nitrogens with zero attached hydrogens (tertiary/aromatic N) is 3. The van der Waals surface area contributed by atoms with Crippen LogP contribution in [0.25, 0.3) is 0 Å². The Morgan fingerprint density at radius 2 is 2.13 bits per heavy atom. The van der Waals surface area contributed by atoms with Gasteiger partial charge in [0.2, 0.25) is 0 Å². The fourth-order valence-corrected chi connectivity index (χ4v) is 1.49. The fourth-order valence-electron chi connectivity index (χ4n) is 1.49. The van der Waals surface area contributed by atoms with Crippen molar-refractivity contribution in [1.82, 2.24) is 14.8 Å². The van der Waals surface area contributed by atoms with Gasteiger partial charge in [-0.05, 0) is 6.92 Å². The van der Waals surface area contributed by atoms with Gasteiger partial charge in [0.1, 0.15) is 17.8 Å². The Morgan fingerprint density at radius 1 is 1.53 bits per heavy atom. The largest absolute Gasteiger partial charge is 0.384 e. The Hall–Kier alpha value is -0.980. The molecule has 0 aliphatic heterocycles. The molecule has 0 amide bonds. The maximum Gasteiger partial charge on any atom is 0.185 e. The lowest BCUT2D eigenvalue weighted by Gasteiger charge is -2.29. The quantitative estimate of drug-likeness (QED) is 0.684. The minimum atomic E-state index is -1.13. The zero-order valence-electron chi connectivity index (χ0n) is 9.47. The summed E-state index contributed by atoms with van der Waals surface area (Å²) in [6, 6.07) is 0. The summed E-state index contributed by atoms with van der Waals surface area (Å²) >= 11 is 0. The fraction of sp³-hybridized carbons (Fsp3) is 0.778. The molecular weight excluding hydrogens is 198 g/mol. The van der Waals surface area contributed by atoms with Crippen molar-refractivity contribution in [2.24, 2.45) is 7.05 Å². The van der Waals surface area contributed by atoms with Crippen LogP contribution in [0.1, 0.15) is 12.7 Å². The Labute approximate surface area is 88.8 Å². The second-order valence-corrected chi connectivity index (χ2v) is 3.64. The molecule has 1 N–H and O–H groups in total. The number of aromatic nitrogens is 3. The van der Waals surface area contributed by atoms with Crippen LogP contribution < -0.4 is 0 Å². The molecule has 1 rings (SSSR count).